The molecule has 0 radical (unpaired) electrons. The van der Waals surface area contributed by atoms with E-state index in [2.05, 4.69) is 174 Å². The van der Waals surface area contributed by atoms with Crippen LogP contribution in [-0.2, 0) is 0 Å². The zero-order chi connectivity index (χ0) is 38.2. The van der Waals surface area contributed by atoms with E-state index in [9.17, 15) is 0 Å². The van der Waals surface area contributed by atoms with Gasteiger partial charge >= 0.3 is 0 Å². The van der Waals surface area contributed by atoms with Crippen LogP contribution in [-0.4, -0.2) is 19.5 Å². The lowest BCUT2D eigenvalue weighted by atomic mass is 9.67. The summed E-state index contributed by atoms with van der Waals surface area (Å²) in [7, 11) is 0. The number of aromatic nitrogens is 4. The first-order valence-electron chi connectivity index (χ1n) is 20.9. The van der Waals surface area contributed by atoms with Gasteiger partial charge in [0.1, 0.15) is 0 Å². The zero-order valence-corrected chi connectivity index (χ0v) is 32.3. The van der Waals surface area contributed by atoms with Gasteiger partial charge in [-0.3, -0.25) is 0 Å². The fourth-order valence-corrected chi connectivity index (χ4v) is 10.9. The average Bonchev–Trinajstić information content (AvgIpc) is 3.53. The Hall–Kier alpha value is -6.65. The summed E-state index contributed by atoms with van der Waals surface area (Å²) >= 11 is 0. The van der Waals surface area contributed by atoms with Crippen LogP contribution in [0.15, 0.2) is 170 Å². The van der Waals surface area contributed by atoms with Crippen molar-refractivity contribution >= 4 is 21.8 Å². The van der Waals surface area contributed by atoms with Gasteiger partial charge in [-0.15, -0.1) is 0 Å². The fraction of sp³-hybridized carbons (Fsp3) is 0.167. The lowest BCUT2D eigenvalue weighted by Gasteiger charge is -2.38. The van der Waals surface area contributed by atoms with Crippen molar-refractivity contribution in [2.75, 3.05) is 0 Å². The van der Waals surface area contributed by atoms with Crippen LogP contribution >= 0.6 is 0 Å². The van der Waals surface area contributed by atoms with E-state index in [-0.39, 0.29) is 0 Å². The third-order valence-corrected chi connectivity index (χ3v) is 13.3. The molecule has 13 rings (SSSR count). The van der Waals surface area contributed by atoms with Crippen molar-refractivity contribution < 1.29 is 0 Å². The Bertz CT molecular complexity index is 2930. The molecule has 0 aliphatic heterocycles. The van der Waals surface area contributed by atoms with Crippen LogP contribution < -0.4 is 0 Å². The summed E-state index contributed by atoms with van der Waals surface area (Å²) in [6, 6.07) is 61.2. The Kier molecular flexibility index (Phi) is 7.79. The van der Waals surface area contributed by atoms with E-state index in [4.69, 9.17) is 15.0 Å². The smallest absolute Gasteiger partial charge is 0.164 e. The summed E-state index contributed by atoms with van der Waals surface area (Å²) in [4.78, 5) is 16.1. The number of rotatable bonds is 6. The minimum absolute atomic E-state index is 0.632. The minimum atomic E-state index is 0.632. The summed E-state index contributed by atoms with van der Waals surface area (Å²) in [6.45, 7) is 0. The molecule has 2 aromatic heterocycles. The number of fused-ring (bicyclic) bond motifs is 3. The molecule has 2 heterocycles. The van der Waals surface area contributed by atoms with E-state index < -0.39 is 0 Å². The van der Waals surface area contributed by atoms with Crippen LogP contribution in [0.4, 0.5) is 0 Å². The molecule has 4 bridgehead atoms. The Morgan fingerprint density at radius 1 is 0.345 bits per heavy atom. The zero-order valence-electron chi connectivity index (χ0n) is 32.3. The Balaban J connectivity index is 1.07. The molecule has 278 valence electrons. The summed E-state index contributed by atoms with van der Waals surface area (Å²) in [5.41, 5.74) is 14.2. The van der Waals surface area contributed by atoms with E-state index in [1.807, 2.05) is 0 Å². The molecule has 9 aromatic rings. The SMILES string of the molecule is c1ccc(-c2cc(-c3ccccc3)cc(-c3nc(-c4ccc5c(c4)C4CC6CC(CC5C6)C4)nc(-c4ccc5c(c4)c4ccccc4n5-c4ccccc4)n3)c2)cc1. The quantitative estimate of drug-likeness (QED) is 0.170. The highest BCUT2D eigenvalue weighted by atomic mass is 15.0. The van der Waals surface area contributed by atoms with Gasteiger partial charge in [0.25, 0.3) is 0 Å². The van der Waals surface area contributed by atoms with Gasteiger partial charge in [-0.05, 0) is 150 Å². The number of benzene rings is 7. The van der Waals surface area contributed by atoms with Crippen molar-refractivity contribution in [2.24, 2.45) is 11.8 Å². The second-order valence-electron chi connectivity index (χ2n) is 16.9. The van der Waals surface area contributed by atoms with Gasteiger partial charge in [-0.2, -0.15) is 0 Å². The second kappa shape index (κ2) is 13.5. The van der Waals surface area contributed by atoms with E-state index in [0.29, 0.717) is 23.5 Å². The van der Waals surface area contributed by atoms with E-state index >= 15 is 0 Å². The normalized spacial score (nSPS) is 19.4. The first-order valence-corrected chi connectivity index (χ1v) is 20.9. The number of nitrogens with zero attached hydrogens (tertiary/aromatic N) is 4. The maximum Gasteiger partial charge on any atom is 0.164 e. The third kappa shape index (κ3) is 5.69. The number of hydrogen-bond donors (Lipinski definition) is 0. The third-order valence-electron chi connectivity index (χ3n) is 13.3. The Labute approximate surface area is 338 Å². The number of hydrogen-bond acceptors (Lipinski definition) is 3. The first kappa shape index (κ1) is 33.5. The van der Waals surface area contributed by atoms with Gasteiger partial charge in [0.2, 0.25) is 0 Å². The maximum absolute atomic E-state index is 5.38. The molecule has 4 heteroatoms. The molecule has 2 atom stereocenters. The van der Waals surface area contributed by atoms with Crippen molar-refractivity contribution in [2.45, 2.75) is 43.9 Å². The molecule has 0 spiro atoms. The van der Waals surface area contributed by atoms with E-state index in [0.717, 1.165) is 67.8 Å². The maximum atomic E-state index is 5.38. The van der Waals surface area contributed by atoms with Gasteiger partial charge in [0.15, 0.2) is 17.5 Å². The standard InChI is InChI=1S/C54H42N4/c1-4-12-36(13-5-1)40-29-41(37-14-6-2-7-15-37)31-44(30-40)54-56-52(38-20-22-46-42-25-34-24-35(26-42)28-43(27-34)48(46)32-38)55-53(57-54)39-21-23-51-49(33-39)47-18-10-11-19-50(47)58(51)45-16-8-3-9-17-45/h1-23,29-35,42-43H,24-28H2. The average molecular weight is 747 g/mol. The van der Waals surface area contributed by atoms with Crippen LogP contribution in [0, 0.1) is 11.8 Å². The second-order valence-corrected chi connectivity index (χ2v) is 16.9. The van der Waals surface area contributed by atoms with Crippen molar-refractivity contribution in [3.63, 3.8) is 0 Å². The van der Waals surface area contributed by atoms with Gasteiger partial charge in [0, 0.05) is 33.2 Å². The van der Waals surface area contributed by atoms with Crippen LogP contribution in [0.1, 0.15) is 55.1 Å². The fourth-order valence-electron chi connectivity index (χ4n) is 10.9. The molecule has 7 aromatic carbocycles. The molecule has 2 fully saturated rings. The van der Waals surface area contributed by atoms with Crippen LogP contribution in [0.25, 0.3) is 83.9 Å². The molecule has 58 heavy (non-hydrogen) atoms. The van der Waals surface area contributed by atoms with Gasteiger partial charge in [-0.25, -0.2) is 15.0 Å². The first-order chi connectivity index (χ1) is 28.7. The van der Waals surface area contributed by atoms with Gasteiger partial charge in [-0.1, -0.05) is 109 Å². The molecule has 4 aliphatic rings. The molecule has 0 amide bonds. The Morgan fingerprint density at radius 3 is 1.50 bits per heavy atom. The predicted octanol–water partition coefficient (Wildman–Crippen LogP) is 13.7. The van der Waals surface area contributed by atoms with E-state index in [1.54, 1.807) is 11.1 Å². The van der Waals surface area contributed by atoms with Crippen molar-refractivity contribution in [1.82, 2.24) is 19.5 Å². The van der Waals surface area contributed by atoms with Gasteiger partial charge < -0.3 is 4.57 Å². The molecule has 4 aliphatic carbocycles. The highest BCUT2D eigenvalue weighted by molar-refractivity contribution is 6.10. The van der Waals surface area contributed by atoms with Crippen LogP contribution in [0.2, 0.25) is 0 Å². The monoisotopic (exact) mass is 746 g/mol. The summed E-state index contributed by atoms with van der Waals surface area (Å²) in [6.07, 6.45) is 6.77. The minimum Gasteiger partial charge on any atom is -0.309 e. The highest BCUT2D eigenvalue weighted by Gasteiger charge is 2.42. The van der Waals surface area contributed by atoms with Gasteiger partial charge in [0.05, 0.1) is 11.0 Å². The molecule has 0 saturated heterocycles. The van der Waals surface area contributed by atoms with Crippen molar-refractivity contribution in [3.8, 4) is 62.1 Å². The van der Waals surface area contributed by atoms with Crippen molar-refractivity contribution in [1.29, 1.82) is 0 Å². The summed E-state index contributed by atoms with van der Waals surface area (Å²) in [5, 5.41) is 2.38. The molecule has 2 saturated carbocycles. The lowest BCUT2D eigenvalue weighted by molar-refractivity contribution is 0.166. The topological polar surface area (TPSA) is 43.6 Å². The van der Waals surface area contributed by atoms with Crippen LogP contribution in [0.3, 0.4) is 0 Å². The molecule has 0 N–H and O–H groups in total. The molecule has 2 unspecified atom stereocenters. The lowest BCUT2D eigenvalue weighted by Crippen LogP contribution is -2.25. The molecular weight excluding hydrogens is 705 g/mol. The number of para-hydroxylation sites is 2. The molecule has 4 nitrogen and oxygen atoms in total. The van der Waals surface area contributed by atoms with Crippen LogP contribution in [0.5, 0.6) is 0 Å². The summed E-state index contributed by atoms with van der Waals surface area (Å²) in [5.74, 6) is 5.14. The highest BCUT2D eigenvalue weighted by Crippen LogP contribution is 2.56. The summed E-state index contributed by atoms with van der Waals surface area (Å²) < 4.78 is 2.36. The Morgan fingerprint density at radius 2 is 0.845 bits per heavy atom. The molecular formula is C54H42N4. The largest absolute Gasteiger partial charge is 0.309 e. The van der Waals surface area contributed by atoms with E-state index in [1.165, 1.54) is 48.4 Å². The predicted molar refractivity (Wildman–Crippen MR) is 237 cm³/mol. The van der Waals surface area contributed by atoms with Crippen molar-refractivity contribution in [3.05, 3.63) is 181 Å².